The first-order valence-corrected chi connectivity index (χ1v) is 5.81. The Kier molecular flexibility index (Phi) is 2.69. The van der Waals surface area contributed by atoms with Crippen molar-refractivity contribution in [2.75, 3.05) is 0 Å². The summed E-state index contributed by atoms with van der Waals surface area (Å²) in [5.41, 5.74) is 0.969. The van der Waals surface area contributed by atoms with Gasteiger partial charge in [0.15, 0.2) is 4.87 Å². The van der Waals surface area contributed by atoms with Crippen LogP contribution < -0.4 is 5.32 Å². The van der Waals surface area contributed by atoms with Crippen molar-refractivity contribution in [2.24, 2.45) is 5.92 Å². The zero-order chi connectivity index (χ0) is 11.1. The highest BCUT2D eigenvalue weighted by molar-refractivity contribution is 7.80. The van der Waals surface area contributed by atoms with Gasteiger partial charge in [-0.1, -0.05) is 43.8 Å². The Morgan fingerprint density at radius 3 is 3.07 bits per heavy atom. The van der Waals surface area contributed by atoms with Crippen LogP contribution in [0.5, 0.6) is 0 Å². The summed E-state index contributed by atoms with van der Waals surface area (Å²) >= 11 is 11.6. The molecule has 1 fully saturated rings. The molecule has 0 saturated carbocycles. The van der Waals surface area contributed by atoms with E-state index >= 15 is 0 Å². The Bertz CT molecular complexity index is 388. The molecule has 2 atom stereocenters. The van der Waals surface area contributed by atoms with Gasteiger partial charge in [-0.25, -0.2) is 0 Å². The van der Waals surface area contributed by atoms with Crippen molar-refractivity contribution in [3.05, 3.63) is 23.8 Å². The molecule has 0 bridgehead atoms. The Hall–Kier alpha value is -0.670. The van der Waals surface area contributed by atoms with E-state index in [1.807, 2.05) is 18.2 Å². The number of hydrogen-bond acceptors (Lipinski definition) is 2. The first-order valence-electron chi connectivity index (χ1n) is 5.02. The fourth-order valence-electron chi connectivity index (χ4n) is 2.11. The summed E-state index contributed by atoms with van der Waals surface area (Å²) in [6.45, 7) is 2.07. The lowest BCUT2D eigenvalue weighted by molar-refractivity contribution is -0.120. The van der Waals surface area contributed by atoms with Crippen LogP contribution in [-0.2, 0) is 4.79 Å². The minimum atomic E-state index is -0.957. The minimum Gasteiger partial charge on any atom is -0.318 e. The van der Waals surface area contributed by atoms with Gasteiger partial charge in [-0.2, -0.15) is 0 Å². The van der Waals surface area contributed by atoms with Crippen LogP contribution >= 0.6 is 23.8 Å². The minimum absolute atomic E-state index is 0.173. The number of alkyl halides is 1. The smallest absolute Gasteiger partial charge is 0.251 e. The zero-order valence-corrected chi connectivity index (χ0v) is 9.99. The first-order chi connectivity index (χ1) is 7.10. The van der Waals surface area contributed by atoms with Crippen LogP contribution in [-0.4, -0.2) is 15.8 Å². The van der Waals surface area contributed by atoms with Gasteiger partial charge in [0.25, 0.3) is 5.91 Å². The second kappa shape index (κ2) is 3.72. The van der Waals surface area contributed by atoms with Crippen LogP contribution in [0.1, 0.15) is 19.8 Å². The predicted octanol–water partition coefficient (Wildman–Crippen LogP) is 2.33. The van der Waals surface area contributed by atoms with Crippen molar-refractivity contribution in [3.63, 3.8) is 0 Å². The molecule has 0 radical (unpaired) electrons. The van der Waals surface area contributed by atoms with E-state index in [1.165, 1.54) is 0 Å². The fourth-order valence-corrected chi connectivity index (χ4v) is 2.91. The molecule has 2 aliphatic rings. The fraction of sp³-hybridized carbons (Fsp3) is 0.455. The SMILES string of the molecule is CCCC1=CC=CC2C(=S)NC(=O)C12Cl. The van der Waals surface area contributed by atoms with Gasteiger partial charge in [0, 0.05) is 0 Å². The monoisotopic (exact) mass is 241 g/mol. The molecule has 2 nitrogen and oxygen atoms in total. The molecule has 2 unspecified atom stereocenters. The van der Waals surface area contributed by atoms with Gasteiger partial charge >= 0.3 is 0 Å². The highest BCUT2D eigenvalue weighted by Crippen LogP contribution is 2.43. The lowest BCUT2D eigenvalue weighted by atomic mass is 9.81. The number of allylic oxidation sites excluding steroid dienone is 2. The van der Waals surface area contributed by atoms with Gasteiger partial charge in [-0.3, -0.25) is 4.79 Å². The largest absolute Gasteiger partial charge is 0.318 e. The maximum Gasteiger partial charge on any atom is 0.251 e. The maximum absolute atomic E-state index is 11.8. The van der Waals surface area contributed by atoms with E-state index < -0.39 is 4.87 Å². The molecule has 1 saturated heterocycles. The lowest BCUT2D eigenvalue weighted by Gasteiger charge is -2.28. The summed E-state index contributed by atoms with van der Waals surface area (Å²) in [6, 6.07) is 0. The van der Waals surface area contributed by atoms with Crippen molar-refractivity contribution in [3.8, 4) is 0 Å². The molecule has 15 heavy (non-hydrogen) atoms. The Morgan fingerprint density at radius 2 is 2.40 bits per heavy atom. The summed E-state index contributed by atoms with van der Waals surface area (Å²) in [4.78, 5) is 11.4. The summed E-state index contributed by atoms with van der Waals surface area (Å²) in [6.07, 6.45) is 7.57. The van der Waals surface area contributed by atoms with Crippen molar-refractivity contribution < 1.29 is 4.79 Å². The lowest BCUT2D eigenvalue weighted by Crippen LogP contribution is -2.39. The number of amides is 1. The third kappa shape index (κ3) is 1.45. The number of fused-ring (bicyclic) bond motifs is 1. The molecular weight excluding hydrogens is 230 g/mol. The van der Waals surface area contributed by atoms with Crippen LogP contribution in [0.25, 0.3) is 0 Å². The number of rotatable bonds is 2. The summed E-state index contributed by atoms with van der Waals surface area (Å²) in [7, 11) is 0. The number of carbonyl (C=O) groups excluding carboxylic acids is 1. The second-order valence-corrected chi connectivity index (χ2v) is 4.87. The molecule has 1 aliphatic carbocycles. The van der Waals surface area contributed by atoms with Crippen LogP contribution in [0, 0.1) is 5.92 Å². The van der Waals surface area contributed by atoms with Gasteiger partial charge in [0.1, 0.15) is 0 Å². The molecule has 4 heteroatoms. The highest BCUT2D eigenvalue weighted by Gasteiger charge is 2.53. The third-order valence-electron chi connectivity index (χ3n) is 2.87. The topological polar surface area (TPSA) is 29.1 Å². The van der Waals surface area contributed by atoms with Gasteiger partial charge in [0.2, 0.25) is 0 Å². The predicted molar refractivity (Wildman–Crippen MR) is 64.9 cm³/mol. The quantitative estimate of drug-likeness (QED) is 0.594. The number of hydrogen-bond donors (Lipinski definition) is 1. The van der Waals surface area contributed by atoms with Gasteiger partial charge in [-0.15, -0.1) is 11.6 Å². The van der Waals surface area contributed by atoms with Crippen molar-refractivity contribution in [1.29, 1.82) is 0 Å². The van der Waals surface area contributed by atoms with Crippen LogP contribution in [0.4, 0.5) is 0 Å². The molecule has 80 valence electrons. The van der Waals surface area contributed by atoms with E-state index in [-0.39, 0.29) is 11.8 Å². The van der Waals surface area contributed by atoms with E-state index in [0.29, 0.717) is 4.99 Å². The summed E-state index contributed by atoms with van der Waals surface area (Å²) in [5.74, 6) is -0.351. The Balaban J connectivity index is 2.43. The maximum atomic E-state index is 11.8. The molecule has 1 heterocycles. The Labute approximate surface area is 99.4 Å². The van der Waals surface area contributed by atoms with Gasteiger partial charge < -0.3 is 5.32 Å². The van der Waals surface area contributed by atoms with E-state index in [2.05, 4.69) is 12.2 Å². The average Bonchev–Trinajstić information content (AvgIpc) is 2.42. The molecule has 1 amide bonds. The van der Waals surface area contributed by atoms with Crippen LogP contribution in [0.3, 0.4) is 0 Å². The number of halogens is 1. The number of thiocarbonyl (C=S) groups is 1. The zero-order valence-electron chi connectivity index (χ0n) is 8.42. The summed E-state index contributed by atoms with van der Waals surface area (Å²) in [5, 5.41) is 2.66. The molecule has 0 aromatic heterocycles. The van der Waals surface area contributed by atoms with Gasteiger partial charge in [0.05, 0.1) is 10.9 Å². The van der Waals surface area contributed by atoms with Gasteiger partial charge in [-0.05, 0) is 12.0 Å². The molecule has 0 aromatic carbocycles. The van der Waals surface area contributed by atoms with Crippen molar-refractivity contribution >= 4 is 34.7 Å². The van der Waals surface area contributed by atoms with Crippen LogP contribution in [0.2, 0.25) is 0 Å². The van der Waals surface area contributed by atoms with E-state index in [9.17, 15) is 4.79 Å². The molecule has 1 N–H and O–H groups in total. The summed E-state index contributed by atoms with van der Waals surface area (Å²) < 4.78 is 0. The van der Waals surface area contributed by atoms with Crippen molar-refractivity contribution in [2.45, 2.75) is 24.6 Å². The van der Waals surface area contributed by atoms with E-state index in [0.717, 1.165) is 18.4 Å². The molecular formula is C11H12ClNOS. The molecule has 2 rings (SSSR count). The number of nitrogens with one attached hydrogen (secondary N) is 1. The highest BCUT2D eigenvalue weighted by atomic mass is 35.5. The first kappa shape index (κ1) is 10.8. The molecule has 1 aliphatic heterocycles. The van der Waals surface area contributed by atoms with Crippen LogP contribution in [0.15, 0.2) is 23.8 Å². The standard InChI is InChI=1S/C11H12ClNOS/c1-2-4-7-5-3-6-8-9(15)13-10(14)11(7,8)12/h3,5-6,8H,2,4H2,1H3,(H,13,14,15). The molecule has 0 aromatic rings. The van der Waals surface area contributed by atoms with E-state index in [1.54, 1.807) is 0 Å². The van der Waals surface area contributed by atoms with E-state index in [4.69, 9.17) is 23.8 Å². The third-order valence-corrected chi connectivity index (χ3v) is 3.87. The number of carbonyl (C=O) groups is 1. The molecule has 0 spiro atoms. The Morgan fingerprint density at radius 1 is 1.67 bits per heavy atom. The average molecular weight is 242 g/mol. The van der Waals surface area contributed by atoms with Crippen molar-refractivity contribution in [1.82, 2.24) is 5.32 Å². The second-order valence-electron chi connectivity index (χ2n) is 3.83. The normalized spacial score (nSPS) is 33.7.